The van der Waals surface area contributed by atoms with Gasteiger partial charge >= 0.3 is 0 Å². The van der Waals surface area contributed by atoms with E-state index in [0.29, 0.717) is 17.9 Å². The van der Waals surface area contributed by atoms with Crippen LogP contribution in [0, 0.1) is 5.41 Å². The quantitative estimate of drug-likeness (QED) is 0.780. The number of hydrogen-bond acceptors (Lipinski definition) is 2. The van der Waals surface area contributed by atoms with Crippen molar-refractivity contribution in [1.82, 2.24) is 5.32 Å². The molecule has 0 spiro atoms. The second-order valence-corrected chi connectivity index (χ2v) is 5.90. The van der Waals surface area contributed by atoms with E-state index < -0.39 is 0 Å². The van der Waals surface area contributed by atoms with Crippen LogP contribution in [0.4, 0.5) is 0 Å². The predicted octanol–water partition coefficient (Wildman–Crippen LogP) is 2.43. The van der Waals surface area contributed by atoms with Crippen LogP contribution in [0.2, 0.25) is 0 Å². The Hall–Kier alpha value is -0.180. The van der Waals surface area contributed by atoms with Crippen molar-refractivity contribution in [2.24, 2.45) is 5.41 Å². The third kappa shape index (κ3) is 3.91. The van der Waals surface area contributed by atoms with Crippen molar-refractivity contribution in [2.45, 2.75) is 45.6 Å². The first-order valence-electron chi connectivity index (χ1n) is 5.32. The van der Waals surface area contributed by atoms with Crippen LogP contribution in [0.15, 0.2) is 0 Å². The molecule has 3 heteroatoms. The van der Waals surface area contributed by atoms with Crippen LogP contribution in [0.1, 0.15) is 39.5 Å². The van der Waals surface area contributed by atoms with E-state index in [1.54, 1.807) is 11.8 Å². The van der Waals surface area contributed by atoms with Crippen molar-refractivity contribution in [1.29, 1.82) is 0 Å². The molecule has 0 heterocycles. The highest BCUT2D eigenvalue weighted by Gasteiger charge is 2.31. The van der Waals surface area contributed by atoms with Crippen LogP contribution < -0.4 is 5.32 Å². The first-order valence-corrected chi connectivity index (χ1v) is 6.71. The molecule has 1 amide bonds. The number of amides is 1. The van der Waals surface area contributed by atoms with Crippen molar-refractivity contribution in [3.05, 3.63) is 0 Å². The molecule has 0 aromatic carbocycles. The zero-order valence-electron chi connectivity index (χ0n) is 9.43. The van der Waals surface area contributed by atoms with Gasteiger partial charge in [0.2, 0.25) is 5.91 Å². The van der Waals surface area contributed by atoms with E-state index >= 15 is 0 Å². The molecular formula is C11H21NOS. The third-order valence-corrected chi connectivity index (χ3v) is 3.48. The minimum atomic E-state index is 0.224. The molecule has 1 aliphatic rings. The lowest BCUT2D eigenvalue weighted by atomic mass is 9.92. The van der Waals surface area contributed by atoms with Gasteiger partial charge in [-0.25, -0.2) is 0 Å². The molecular weight excluding hydrogens is 194 g/mol. The maximum Gasteiger partial charge on any atom is 0.221 e. The molecule has 1 rings (SSSR count). The number of carbonyl (C=O) groups is 1. The largest absolute Gasteiger partial charge is 0.353 e. The lowest BCUT2D eigenvalue weighted by molar-refractivity contribution is -0.121. The van der Waals surface area contributed by atoms with Gasteiger partial charge in [0.15, 0.2) is 0 Å². The molecule has 1 aliphatic carbocycles. The maximum absolute atomic E-state index is 11.4. The predicted molar refractivity (Wildman–Crippen MR) is 62.6 cm³/mol. The number of carbonyl (C=O) groups excluding carboxylic acids is 1. The lowest BCUT2D eigenvalue weighted by Crippen LogP contribution is -2.33. The number of nitrogens with one attached hydrogen (secondary N) is 1. The molecule has 1 unspecified atom stereocenters. The lowest BCUT2D eigenvalue weighted by Gasteiger charge is -2.17. The normalized spacial score (nSPS) is 24.9. The Morgan fingerprint density at radius 3 is 2.79 bits per heavy atom. The molecule has 2 nitrogen and oxygen atoms in total. The highest BCUT2D eigenvalue weighted by atomic mass is 32.2. The summed E-state index contributed by atoms with van der Waals surface area (Å²) in [5, 5.41) is 3.12. The SMILES string of the molecule is CSCCC(=O)NC1CCC(C)(C)C1. The Kier molecular flexibility index (Phi) is 4.30. The zero-order chi connectivity index (χ0) is 10.6. The van der Waals surface area contributed by atoms with E-state index in [1.807, 2.05) is 6.26 Å². The van der Waals surface area contributed by atoms with E-state index in [-0.39, 0.29) is 5.91 Å². The minimum absolute atomic E-state index is 0.224. The molecule has 1 fully saturated rings. The van der Waals surface area contributed by atoms with Gasteiger partial charge < -0.3 is 5.32 Å². The van der Waals surface area contributed by atoms with Gasteiger partial charge in [0.05, 0.1) is 0 Å². The third-order valence-electron chi connectivity index (χ3n) is 2.87. The van der Waals surface area contributed by atoms with Gasteiger partial charge in [0.25, 0.3) is 0 Å². The first kappa shape index (κ1) is 11.9. The van der Waals surface area contributed by atoms with Gasteiger partial charge in [-0.05, 0) is 30.9 Å². The molecule has 1 atom stereocenters. The fourth-order valence-electron chi connectivity index (χ4n) is 2.05. The highest BCUT2D eigenvalue weighted by Crippen LogP contribution is 2.36. The van der Waals surface area contributed by atoms with Crippen molar-refractivity contribution in [3.63, 3.8) is 0 Å². The summed E-state index contributed by atoms with van der Waals surface area (Å²) in [7, 11) is 0. The second-order valence-electron chi connectivity index (χ2n) is 4.91. The van der Waals surface area contributed by atoms with Crippen molar-refractivity contribution >= 4 is 17.7 Å². The molecule has 0 saturated heterocycles. The van der Waals surface area contributed by atoms with Gasteiger partial charge in [0, 0.05) is 18.2 Å². The van der Waals surface area contributed by atoms with Crippen LogP contribution in [0.5, 0.6) is 0 Å². The maximum atomic E-state index is 11.4. The Morgan fingerprint density at radius 2 is 2.29 bits per heavy atom. The summed E-state index contributed by atoms with van der Waals surface area (Å²) in [5.74, 6) is 1.16. The molecule has 82 valence electrons. The molecule has 0 bridgehead atoms. The van der Waals surface area contributed by atoms with Crippen LogP contribution in [0.25, 0.3) is 0 Å². The summed E-state index contributed by atoms with van der Waals surface area (Å²) in [6.07, 6.45) is 6.22. The monoisotopic (exact) mass is 215 g/mol. The summed E-state index contributed by atoms with van der Waals surface area (Å²) in [6.45, 7) is 4.56. The van der Waals surface area contributed by atoms with Gasteiger partial charge in [-0.15, -0.1) is 0 Å². The summed E-state index contributed by atoms with van der Waals surface area (Å²) in [5.41, 5.74) is 0.428. The highest BCUT2D eigenvalue weighted by molar-refractivity contribution is 7.98. The van der Waals surface area contributed by atoms with Crippen molar-refractivity contribution in [2.75, 3.05) is 12.0 Å². The summed E-state index contributed by atoms with van der Waals surface area (Å²) in [6, 6.07) is 0.430. The fourth-order valence-corrected chi connectivity index (χ4v) is 2.44. The number of rotatable bonds is 4. The second kappa shape index (κ2) is 5.06. The summed E-state index contributed by atoms with van der Waals surface area (Å²) >= 11 is 1.73. The standard InChI is InChI=1S/C11H21NOS/c1-11(2)6-4-9(8-11)12-10(13)5-7-14-3/h9H,4-8H2,1-3H3,(H,12,13). The van der Waals surface area contributed by atoms with E-state index in [2.05, 4.69) is 19.2 Å². The number of hydrogen-bond donors (Lipinski definition) is 1. The van der Waals surface area contributed by atoms with Crippen LogP contribution in [-0.2, 0) is 4.79 Å². The average molecular weight is 215 g/mol. The molecule has 14 heavy (non-hydrogen) atoms. The fraction of sp³-hybridized carbons (Fsp3) is 0.909. The minimum Gasteiger partial charge on any atom is -0.353 e. The molecule has 0 aromatic heterocycles. The van der Waals surface area contributed by atoms with Gasteiger partial charge in [0.1, 0.15) is 0 Å². The molecule has 0 aliphatic heterocycles. The summed E-state index contributed by atoms with van der Waals surface area (Å²) < 4.78 is 0. The van der Waals surface area contributed by atoms with E-state index in [4.69, 9.17) is 0 Å². The van der Waals surface area contributed by atoms with Gasteiger partial charge in [-0.1, -0.05) is 13.8 Å². The number of thioether (sulfide) groups is 1. The first-order chi connectivity index (χ1) is 6.53. The Labute approximate surface area is 91.2 Å². The molecule has 0 aromatic rings. The Balaban J connectivity index is 2.22. The Bertz CT molecular complexity index is 203. The van der Waals surface area contributed by atoms with Crippen LogP contribution in [0.3, 0.4) is 0 Å². The van der Waals surface area contributed by atoms with Gasteiger partial charge in [-0.3, -0.25) is 4.79 Å². The smallest absolute Gasteiger partial charge is 0.221 e. The van der Waals surface area contributed by atoms with Gasteiger partial charge in [-0.2, -0.15) is 11.8 Å². The topological polar surface area (TPSA) is 29.1 Å². The molecule has 1 N–H and O–H groups in total. The van der Waals surface area contributed by atoms with E-state index in [9.17, 15) is 4.79 Å². The van der Waals surface area contributed by atoms with E-state index in [1.165, 1.54) is 6.42 Å². The molecule has 1 saturated carbocycles. The average Bonchev–Trinajstić information content (AvgIpc) is 2.42. The Morgan fingerprint density at radius 1 is 1.57 bits per heavy atom. The zero-order valence-corrected chi connectivity index (χ0v) is 10.2. The summed E-state index contributed by atoms with van der Waals surface area (Å²) in [4.78, 5) is 11.4. The molecule has 0 radical (unpaired) electrons. The van der Waals surface area contributed by atoms with Crippen molar-refractivity contribution in [3.8, 4) is 0 Å². The van der Waals surface area contributed by atoms with Crippen molar-refractivity contribution < 1.29 is 4.79 Å². The van der Waals surface area contributed by atoms with E-state index in [0.717, 1.165) is 18.6 Å². The van der Waals surface area contributed by atoms with Crippen LogP contribution in [-0.4, -0.2) is 24.0 Å². The van der Waals surface area contributed by atoms with Crippen LogP contribution >= 0.6 is 11.8 Å².